The number of nitrogens with zero attached hydrogens (tertiary/aromatic N) is 1. The van der Waals surface area contributed by atoms with Gasteiger partial charge in [0.05, 0.1) is 5.71 Å². The molecule has 0 aliphatic heterocycles. The highest BCUT2D eigenvalue weighted by Crippen LogP contribution is 2.11. The summed E-state index contributed by atoms with van der Waals surface area (Å²) in [5, 5.41) is 0. The fourth-order valence-electron chi connectivity index (χ4n) is 2.03. The van der Waals surface area contributed by atoms with Crippen molar-refractivity contribution in [2.75, 3.05) is 0 Å². The maximum atomic E-state index is 4.67. The number of unbranched alkanes of at least 4 members (excludes halogenated alkanes) is 2. The Morgan fingerprint density at radius 2 is 1.45 bits per heavy atom. The Morgan fingerprint density at radius 1 is 0.900 bits per heavy atom. The van der Waals surface area contributed by atoms with Gasteiger partial charge in [0, 0.05) is 17.3 Å². The van der Waals surface area contributed by atoms with Gasteiger partial charge in [-0.15, -0.1) is 0 Å². The molecular weight excluding hydrogens is 242 g/mol. The zero-order valence-corrected chi connectivity index (χ0v) is 12.0. The molecule has 0 aromatic heterocycles. The van der Waals surface area contributed by atoms with E-state index in [0.29, 0.717) is 0 Å². The molecule has 0 heterocycles. The number of aliphatic imine (C=N–C) groups is 1. The van der Waals surface area contributed by atoms with E-state index in [1.54, 1.807) is 0 Å². The fraction of sp³-hybridized carbons (Fsp3) is 0.211. The summed E-state index contributed by atoms with van der Waals surface area (Å²) >= 11 is 0. The van der Waals surface area contributed by atoms with Crippen LogP contribution in [0.2, 0.25) is 0 Å². The topological polar surface area (TPSA) is 12.4 Å². The minimum absolute atomic E-state index is 1.03. The maximum absolute atomic E-state index is 4.67. The van der Waals surface area contributed by atoms with Crippen LogP contribution in [0, 0.1) is 0 Å². The van der Waals surface area contributed by atoms with E-state index in [2.05, 4.69) is 66.5 Å². The molecule has 0 N–H and O–H groups in total. The van der Waals surface area contributed by atoms with Gasteiger partial charge in [0.15, 0.2) is 0 Å². The number of benzene rings is 2. The second-order valence-corrected chi connectivity index (χ2v) is 4.74. The molecule has 0 aliphatic carbocycles. The maximum Gasteiger partial charge on any atom is 0.0774 e. The average Bonchev–Trinajstić information content (AvgIpc) is 2.53. The van der Waals surface area contributed by atoms with Gasteiger partial charge in [0.1, 0.15) is 0 Å². The van der Waals surface area contributed by atoms with Crippen molar-refractivity contribution in [1.82, 2.24) is 0 Å². The summed E-state index contributed by atoms with van der Waals surface area (Å²) in [6.07, 6.45) is 7.62. The molecule has 20 heavy (non-hydrogen) atoms. The van der Waals surface area contributed by atoms with Gasteiger partial charge in [-0.05, 0) is 6.42 Å². The SMILES string of the molecule is CCCC/C=C/N=C(c1ccccc1)c1ccccc1. The van der Waals surface area contributed by atoms with E-state index in [1.165, 1.54) is 12.8 Å². The van der Waals surface area contributed by atoms with Crippen LogP contribution >= 0.6 is 0 Å². The molecule has 0 saturated carbocycles. The third-order valence-corrected chi connectivity index (χ3v) is 3.13. The number of rotatable bonds is 6. The lowest BCUT2D eigenvalue weighted by atomic mass is 10.0. The van der Waals surface area contributed by atoms with Gasteiger partial charge in [-0.3, -0.25) is 4.99 Å². The number of hydrogen-bond acceptors (Lipinski definition) is 1. The first-order valence-corrected chi connectivity index (χ1v) is 7.25. The van der Waals surface area contributed by atoms with Crippen molar-refractivity contribution >= 4 is 5.71 Å². The lowest BCUT2D eigenvalue weighted by Crippen LogP contribution is -2.02. The van der Waals surface area contributed by atoms with Crippen LogP contribution in [-0.2, 0) is 0 Å². The van der Waals surface area contributed by atoms with Crippen molar-refractivity contribution in [3.63, 3.8) is 0 Å². The number of hydrogen-bond donors (Lipinski definition) is 0. The lowest BCUT2D eigenvalue weighted by molar-refractivity contribution is 0.814. The van der Waals surface area contributed by atoms with Gasteiger partial charge in [-0.1, -0.05) is 86.5 Å². The Kier molecular flexibility index (Phi) is 5.78. The molecular formula is C19H21N. The van der Waals surface area contributed by atoms with Gasteiger partial charge in [-0.2, -0.15) is 0 Å². The molecule has 0 saturated heterocycles. The molecule has 2 rings (SSSR count). The van der Waals surface area contributed by atoms with E-state index in [4.69, 9.17) is 0 Å². The molecule has 0 spiro atoms. The third kappa shape index (κ3) is 4.20. The predicted molar refractivity (Wildman–Crippen MR) is 87.2 cm³/mol. The first-order chi connectivity index (χ1) is 9.92. The third-order valence-electron chi connectivity index (χ3n) is 3.13. The van der Waals surface area contributed by atoms with Gasteiger partial charge in [-0.25, -0.2) is 0 Å². The Morgan fingerprint density at radius 3 is 1.95 bits per heavy atom. The highest BCUT2D eigenvalue weighted by molar-refractivity contribution is 6.13. The number of allylic oxidation sites excluding steroid dienone is 1. The minimum Gasteiger partial charge on any atom is -0.256 e. The van der Waals surface area contributed by atoms with Crippen LogP contribution in [-0.4, -0.2) is 5.71 Å². The van der Waals surface area contributed by atoms with E-state index in [1.807, 2.05) is 18.3 Å². The highest BCUT2D eigenvalue weighted by Gasteiger charge is 2.04. The van der Waals surface area contributed by atoms with Crippen molar-refractivity contribution in [2.24, 2.45) is 4.99 Å². The Labute approximate surface area is 121 Å². The monoisotopic (exact) mass is 263 g/mol. The molecule has 0 unspecified atom stereocenters. The summed E-state index contributed by atoms with van der Waals surface area (Å²) in [6, 6.07) is 20.7. The largest absolute Gasteiger partial charge is 0.256 e. The standard InChI is InChI=1S/C19H21N/c1-2-3-4-11-16-20-19(17-12-7-5-8-13-17)18-14-9-6-10-15-18/h5-16H,2-4H2,1H3/b16-11+. The van der Waals surface area contributed by atoms with E-state index in [-0.39, 0.29) is 0 Å². The molecule has 0 amide bonds. The molecule has 102 valence electrons. The smallest absolute Gasteiger partial charge is 0.0774 e. The Bertz CT molecular complexity index is 511. The van der Waals surface area contributed by atoms with Crippen molar-refractivity contribution in [1.29, 1.82) is 0 Å². The summed E-state index contributed by atoms with van der Waals surface area (Å²) in [7, 11) is 0. The molecule has 1 nitrogen and oxygen atoms in total. The highest BCUT2D eigenvalue weighted by atomic mass is 14.7. The molecule has 0 bridgehead atoms. The first kappa shape index (κ1) is 14.3. The van der Waals surface area contributed by atoms with Crippen LogP contribution in [0.5, 0.6) is 0 Å². The fourth-order valence-corrected chi connectivity index (χ4v) is 2.03. The normalized spacial score (nSPS) is 10.7. The first-order valence-electron chi connectivity index (χ1n) is 7.25. The summed E-state index contributed by atoms with van der Waals surface area (Å²) in [4.78, 5) is 4.67. The molecule has 1 heteroatoms. The zero-order chi connectivity index (χ0) is 14.0. The molecule has 0 fully saturated rings. The van der Waals surface area contributed by atoms with Crippen molar-refractivity contribution in [2.45, 2.75) is 26.2 Å². The van der Waals surface area contributed by atoms with Crippen LogP contribution in [0.15, 0.2) is 77.9 Å². The molecule has 0 radical (unpaired) electrons. The predicted octanol–water partition coefficient (Wildman–Crippen LogP) is 5.23. The van der Waals surface area contributed by atoms with Gasteiger partial charge in [0.2, 0.25) is 0 Å². The van der Waals surface area contributed by atoms with Gasteiger partial charge >= 0.3 is 0 Å². The Balaban J connectivity index is 2.26. The summed E-state index contributed by atoms with van der Waals surface area (Å²) in [6.45, 7) is 2.20. The van der Waals surface area contributed by atoms with E-state index >= 15 is 0 Å². The van der Waals surface area contributed by atoms with Crippen LogP contribution < -0.4 is 0 Å². The van der Waals surface area contributed by atoms with E-state index in [0.717, 1.165) is 23.3 Å². The second-order valence-electron chi connectivity index (χ2n) is 4.74. The van der Waals surface area contributed by atoms with Crippen molar-refractivity contribution < 1.29 is 0 Å². The second kappa shape index (κ2) is 8.11. The van der Waals surface area contributed by atoms with Crippen LogP contribution in [0.25, 0.3) is 0 Å². The lowest BCUT2D eigenvalue weighted by Gasteiger charge is -2.05. The quantitative estimate of drug-likeness (QED) is 0.500. The van der Waals surface area contributed by atoms with Gasteiger partial charge in [0.25, 0.3) is 0 Å². The van der Waals surface area contributed by atoms with Gasteiger partial charge < -0.3 is 0 Å². The van der Waals surface area contributed by atoms with E-state index in [9.17, 15) is 0 Å². The summed E-state index contributed by atoms with van der Waals surface area (Å²) in [5.41, 5.74) is 3.33. The van der Waals surface area contributed by atoms with Crippen molar-refractivity contribution in [3.05, 3.63) is 84.1 Å². The summed E-state index contributed by atoms with van der Waals surface area (Å²) in [5.74, 6) is 0. The molecule has 2 aromatic rings. The van der Waals surface area contributed by atoms with E-state index < -0.39 is 0 Å². The van der Waals surface area contributed by atoms with Crippen LogP contribution in [0.3, 0.4) is 0 Å². The minimum atomic E-state index is 1.03. The summed E-state index contributed by atoms with van der Waals surface area (Å²) < 4.78 is 0. The Hall–Kier alpha value is -2.15. The molecule has 0 atom stereocenters. The van der Waals surface area contributed by atoms with Crippen LogP contribution in [0.1, 0.15) is 37.3 Å². The molecule has 2 aromatic carbocycles. The van der Waals surface area contributed by atoms with Crippen molar-refractivity contribution in [3.8, 4) is 0 Å². The van der Waals surface area contributed by atoms with Crippen LogP contribution in [0.4, 0.5) is 0 Å². The average molecular weight is 263 g/mol. The zero-order valence-electron chi connectivity index (χ0n) is 12.0. The molecule has 0 aliphatic rings.